The number of hydrazine groups is 1. The molecule has 1 aliphatic heterocycles. The third-order valence-electron chi connectivity index (χ3n) is 3.11. The van der Waals surface area contributed by atoms with Crippen molar-refractivity contribution in [3.63, 3.8) is 0 Å². The van der Waals surface area contributed by atoms with Gasteiger partial charge in [-0.1, -0.05) is 17.7 Å². The van der Waals surface area contributed by atoms with Crippen molar-refractivity contribution >= 4 is 40.3 Å². The van der Waals surface area contributed by atoms with Crippen molar-refractivity contribution in [1.29, 1.82) is 0 Å². The molecule has 1 saturated heterocycles. The summed E-state index contributed by atoms with van der Waals surface area (Å²) in [6.45, 7) is 3.60. The van der Waals surface area contributed by atoms with Gasteiger partial charge in [0.05, 0.1) is 6.10 Å². The molecule has 1 atom stereocenters. The second-order valence-electron chi connectivity index (χ2n) is 4.92. The van der Waals surface area contributed by atoms with Gasteiger partial charge in [-0.05, 0) is 56.3 Å². The zero-order valence-corrected chi connectivity index (χ0v) is 13.6. The standard InChI is InChI=1S/C14H20N4OS2/c1-10-4-6-11(7-5-10)16-14(21)18-17-13(20)15-9-12-3-2-8-19-12/h4-7,12H,2-3,8-9H2,1H3,(H2,15,17,20)(H2,16,18,21)/t12-/m1/s1. The monoisotopic (exact) mass is 324 g/mol. The van der Waals surface area contributed by atoms with Crippen LogP contribution >= 0.6 is 24.4 Å². The van der Waals surface area contributed by atoms with Gasteiger partial charge in [-0.3, -0.25) is 10.9 Å². The first-order valence-corrected chi connectivity index (χ1v) is 7.74. The van der Waals surface area contributed by atoms with Gasteiger partial charge in [0.15, 0.2) is 10.2 Å². The Morgan fingerprint density at radius 3 is 2.57 bits per heavy atom. The average Bonchev–Trinajstić information content (AvgIpc) is 2.99. The topological polar surface area (TPSA) is 57.3 Å². The molecule has 1 aromatic rings. The van der Waals surface area contributed by atoms with Crippen molar-refractivity contribution in [3.8, 4) is 0 Å². The van der Waals surface area contributed by atoms with Gasteiger partial charge in [0.2, 0.25) is 0 Å². The zero-order valence-electron chi connectivity index (χ0n) is 11.9. The highest BCUT2D eigenvalue weighted by molar-refractivity contribution is 7.80. The minimum Gasteiger partial charge on any atom is -0.376 e. The van der Waals surface area contributed by atoms with E-state index >= 15 is 0 Å². The van der Waals surface area contributed by atoms with Gasteiger partial charge in [0.1, 0.15) is 0 Å². The first kappa shape index (κ1) is 15.9. The molecule has 0 saturated carbocycles. The number of ether oxygens (including phenoxy) is 1. The van der Waals surface area contributed by atoms with Gasteiger partial charge in [-0.25, -0.2) is 0 Å². The third kappa shape index (κ3) is 5.82. The Bertz CT molecular complexity index is 486. The Kier molecular flexibility index (Phi) is 6.16. The van der Waals surface area contributed by atoms with E-state index in [0.29, 0.717) is 16.8 Å². The largest absolute Gasteiger partial charge is 0.376 e. The van der Waals surface area contributed by atoms with E-state index in [-0.39, 0.29) is 6.10 Å². The second-order valence-corrected chi connectivity index (χ2v) is 5.73. The van der Waals surface area contributed by atoms with Crippen LogP contribution in [0.4, 0.5) is 5.69 Å². The lowest BCUT2D eigenvalue weighted by atomic mass is 10.2. The van der Waals surface area contributed by atoms with Crippen LogP contribution < -0.4 is 21.5 Å². The van der Waals surface area contributed by atoms with Crippen LogP contribution in [0.1, 0.15) is 18.4 Å². The van der Waals surface area contributed by atoms with Gasteiger partial charge >= 0.3 is 0 Å². The lowest BCUT2D eigenvalue weighted by Crippen LogP contribution is -2.49. The van der Waals surface area contributed by atoms with E-state index < -0.39 is 0 Å². The summed E-state index contributed by atoms with van der Waals surface area (Å²) in [5, 5.41) is 7.12. The predicted molar refractivity (Wildman–Crippen MR) is 93.2 cm³/mol. The first-order valence-electron chi connectivity index (χ1n) is 6.92. The summed E-state index contributed by atoms with van der Waals surface area (Å²) in [7, 11) is 0. The van der Waals surface area contributed by atoms with E-state index in [1.165, 1.54) is 5.56 Å². The molecule has 0 amide bonds. The molecule has 2 rings (SSSR count). The van der Waals surface area contributed by atoms with Crippen molar-refractivity contribution < 1.29 is 4.74 Å². The number of benzene rings is 1. The number of aryl methyl sites for hydroxylation is 1. The maximum atomic E-state index is 5.51. The molecule has 0 spiro atoms. The lowest BCUT2D eigenvalue weighted by molar-refractivity contribution is 0.114. The number of nitrogens with one attached hydrogen (secondary N) is 4. The highest BCUT2D eigenvalue weighted by Gasteiger charge is 2.15. The van der Waals surface area contributed by atoms with Crippen LogP contribution in [-0.2, 0) is 4.74 Å². The molecule has 0 bridgehead atoms. The van der Waals surface area contributed by atoms with Crippen molar-refractivity contribution in [2.45, 2.75) is 25.9 Å². The fraction of sp³-hybridized carbons (Fsp3) is 0.429. The van der Waals surface area contributed by atoms with Crippen LogP contribution in [-0.4, -0.2) is 29.5 Å². The summed E-state index contributed by atoms with van der Waals surface area (Å²) in [6.07, 6.45) is 2.45. The van der Waals surface area contributed by atoms with Crippen molar-refractivity contribution in [2.75, 3.05) is 18.5 Å². The van der Waals surface area contributed by atoms with Crippen LogP contribution in [0.3, 0.4) is 0 Å². The van der Waals surface area contributed by atoms with E-state index in [1.807, 2.05) is 31.2 Å². The summed E-state index contributed by atoms with van der Waals surface area (Å²) in [4.78, 5) is 0. The molecule has 1 fully saturated rings. The Labute approximate surface area is 135 Å². The second kappa shape index (κ2) is 8.11. The highest BCUT2D eigenvalue weighted by Crippen LogP contribution is 2.10. The first-order chi connectivity index (χ1) is 10.1. The highest BCUT2D eigenvalue weighted by atomic mass is 32.1. The van der Waals surface area contributed by atoms with E-state index in [1.54, 1.807) is 0 Å². The van der Waals surface area contributed by atoms with E-state index in [9.17, 15) is 0 Å². The summed E-state index contributed by atoms with van der Waals surface area (Å²) in [6, 6.07) is 7.98. The molecule has 21 heavy (non-hydrogen) atoms. The summed E-state index contributed by atoms with van der Waals surface area (Å²) >= 11 is 10.3. The maximum absolute atomic E-state index is 5.51. The van der Waals surface area contributed by atoms with Gasteiger partial charge < -0.3 is 15.4 Å². The molecule has 0 aromatic heterocycles. The number of anilines is 1. The zero-order chi connectivity index (χ0) is 15.1. The molecule has 1 aromatic carbocycles. The Hall–Kier alpha value is -1.44. The third-order valence-corrected chi connectivity index (χ3v) is 3.56. The fourth-order valence-corrected chi connectivity index (χ4v) is 2.27. The van der Waals surface area contributed by atoms with Crippen molar-refractivity contribution in [1.82, 2.24) is 16.2 Å². The SMILES string of the molecule is Cc1ccc(NC(=S)NNC(=S)NC[C@H]2CCCO2)cc1. The lowest BCUT2D eigenvalue weighted by Gasteiger charge is -2.16. The van der Waals surface area contributed by atoms with Crippen LogP contribution in [0.25, 0.3) is 0 Å². The number of rotatable bonds is 3. The number of hydrogen-bond acceptors (Lipinski definition) is 3. The van der Waals surface area contributed by atoms with E-state index in [0.717, 1.165) is 25.1 Å². The molecule has 5 nitrogen and oxygen atoms in total. The molecule has 0 radical (unpaired) electrons. The van der Waals surface area contributed by atoms with Crippen molar-refractivity contribution in [2.24, 2.45) is 0 Å². The normalized spacial score (nSPS) is 17.1. The fourth-order valence-electron chi connectivity index (χ4n) is 1.97. The molecular weight excluding hydrogens is 304 g/mol. The molecule has 7 heteroatoms. The van der Waals surface area contributed by atoms with Crippen molar-refractivity contribution in [3.05, 3.63) is 29.8 Å². The average molecular weight is 324 g/mol. The maximum Gasteiger partial charge on any atom is 0.189 e. The Morgan fingerprint density at radius 1 is 1.19 bits per heavy atom. The minimum absolute atomic E-state index is 0.252. The number of hydrogen-bond donors (Lipinski definition) is 4. The summed E-state index contributed by atoms with van der Waals surface area (Å²) < 4.78 is 5.51. The smallest absolute Gasteiger partial charge is 0.189 e. The summed E-state index contributed by atoms with van der Waals surface area (Å²) in [5.41, 5.74) is 7.83. The van der Waals surface area contributed by atoms with E-state index in [4.69, 9.17) is 29.2 Å². The summed E-state index contributed by atoms with van der Waals surface area (Å²) in [5.74, 6) is 0. The quantitative estimate of drug-likeness (QED) is 0.500. The van der Waals surface area contributed by atoms with E-state index in [2.05, 4.69) is 21.5 Å². The minimum atomic E-state index is 0.252. The van der Waals surface area contributed by atoms with Crippen LogP contribution in [0.2, 0.25) is 0 Å². The predicted octanol–water partition coefficient (Wildman–Crippen LogP) is 1.84. The van der Waals surface area contributed by atoms with Gasteiger partial charge in [0, 0.05) is 18.8 Å². The van der Waals surface area contributed by atoms with Gasteiger partial charge in [-0.2, -0.15) is 0 Å². The van der Waals surface area contributed by atoms with Crippen LogP contribution in [0.15, 0.2) is 24.3 Å². The molecule has 114 valence electrons. The Morgan fingerprint density at radius 2 is 1.90 bits per heavy atom. The number of thiocarbonyl (C=S) groups is 2. The molecule has 1 heterocycles. The van der Waals surface area contributed by atoms with Crippen LogP contribution in [0, 0.1) is 6.92 Å². The molecular formula is C14H20N4OS2. The molecule has 4 N–H and O–H groups in total. The Balaban J connectivity index is 1.63. The molecule has 0 unspecified atom stereocenters. The van der Waals surface area contributed by atoms with Gasteiger partial charge in [0.25, 0.3) is 0 Å². The molecule has 1 aliphatic rings. The van der Waals surface area contributed by atoms with Gasteiger partial charge in [-0.15, -0.1) is 0 Å². The molecule has 0 aliphatic carbocycles. The van der Waals surface area contributed by atoms with Crippen LogP contribution in [0.5, 0.6) is 0 Å².